The van der Waals surface area contributed by atoms with Crippen LogP contribution in [0.4, 0.5) is 0 Å². The minimum Gasteiger partial charge on any atom is -0.381 e. The first-order valence-electron chi connectivity index (χ1n) is 5.10. The van der Waals surface area contributed by atoms with Gasteiger partial charge in [0.15, 0.2) is 0 Å². The highest BCUT2D eigenvalue weighted by Gasteiger charge is 2.17. The Labute approximate surface area is 88.3 Å². The molecule has 1 saturated heterocycles. The van der Waals surface area contributed by atoms with E-state index in [2.05, 4.69) is 4.98 Å². The summed E-state index contributed by atoms with van der Waals surface area (Å²) in [6, 6.07) is 0. The Hall–Kier alpha value is -0.450. The Morgan fingerprint density at radius 1 is 1.64 bits per heavy atom. The minimum absolute atomic E-state index is 0.687. The second-order valence-corrected chi connectivity index (χ2v) is 4.89. The number of rotatable bonds is 4. The smallest absolute Gasteiger partial charge is 0.0931 e. The summed E-state index contributed by atoms with van der Waals surface area (Å²) in [7, 11) is 0. The van der Waals surface area contributed by atoms with Crippen molar-refractivity contribution in [2.45, 2.75) is 19.3 Å². The maximum absolute atomic E-state index is 5.49. The maximum Gasteiger partial charge on any atom is 0.0931 e. The average molecular weight is 212 g/mol. The Morgan fingerprint density at radius 2 is 2.57 bits per heavy atom. The van der Waals surface area contributed by atoms with Gasteiger partial charge in [0.25, 0.3) is 0 Å². The molecule has 78 valence electrons. The minimum atomic E-state index is 0.687. The molecule has 3 nitrogen and oxygen atoms in total. The molecule has 1 fully saturated rings. The van der Waals surface area contributed by atoms with Crippen molar-refractivity contribution in [3.05, 3.63) is 16.1 Å². The third kappa shape index (κ3) is 2.53. The van der Waals surface area contributed by atoms with Gasteiger partial charge in [-0.2, -0.15) is 0 Å². The van der Waals surface area contributed by atoms with E-state index < -0.39 is 0 Å². The van der Waals surface area contributed by atoms with Gasteiger partial charge in [0, 0.05) is 30.7 Å². The van der Waals surface area contributed by atoms with E-state index in [1.54, 1.807) is 11.3 Å². The Kier molecular flexibility index (Phi) is 3.50. The number of aromatic nitrogens is 1. The predicted molar refractivity (Wildman–Crippen MR) is 57.5 cm³/mol. The summed E-state index contributed by atoms with van der Waals surface area (Å²) >= 11 is 1.80. The monoisotopic (exact) mass is 212 g/mol. The molecule has 1 unspecified atom stereocenters. The van der Waals surface area contributed by atoms with Crippen molar-refractivity contribution in [1.82, 2.24) is 4.98 Å². The van der Waals surface area contributed by atoms with Crippen LogP contribution in [0.2, 0.25) is 0 Å². The van der Waals surface area contributed by atoms with E-state index in [0.717, 1.165) is 26.1 Å². The number of nitrogens with zero attached hydrogens (tertiary/aromatic N) is 1. The molecule has 1 atom stereocenters. The molecule has 2 rings (SSSR count). The molecule has 1 aliphatic rings. The number of hydrogen-bond acceptors (Lipinski definition) is 4. The highest BCUT2D eigenvalue weighted by molar-refractivity contribution is 7.11. The molecule has 0 spiro atoms. The Morgan fingerprint density at radius 3 is 3.29 bits per heavy atom. The number of thiazole rings is 1. The van der Waals surface area contributed by atoms with Crippen LogP contribution in [0.25, 0.3) is 0 Å². The van der Waals surface area contributed by atoms with E-state index in [9.17, 15) is 0 Å². The van der Waals surface area contributed by atoms with Crippen molar-refractivity contribution in [2.75, 3.05) is 19.8 Å². The fourth-order valence-electron chi connectivity index (χ4n) is 1.69. The summed E-state index contributed by atoms with van der Waals surface area (Å²) in [5, 5.41) is 1.24. The first-order chi connectivity index (χ1) is 6.88. The Balaban J connectivity index is 1.88. The van der Waals surface area contributed by atoms with Crippen LogP contribution in [0.15, 0.2) is 6.20 Å². The van der Waals surface area contributed by atoms with Gasteiger partial charge in [0.1, 0.15) is 0 Å². The fraction of sp³-hybridized carbons (Fsp3) is 0.700. The predicted octanol–water partition coefficient (Wildman–Crippen LogP) is 1.22. The summed E-state index contributed by atoms with van der Waals surface area (Å²) in [6.07, 6.45) is 5.18. The summed E-state index contributed by atoms with van der Waals surface area (Å²) < 4.78 is 5.34. The van der Waals surface area contributed by atoms with Crippen molar-refractivity contribution in [3.8, 4) is 0 Å². The first-order valence-corrected chi connectivity index (χ1v) is 5.91. The summed E-state index contributed by atoms with van der Waals surface area (Å²) in [4.78, 5) is 5.71. The lowest BCUT2D eigenvalue weighted by atomic mass is 10.1. The van der Waals surface area contributed by atoms with E-state index in [1.165, 1.54) is 16.3 Å². The van der Waals surface area contributed by atoms with Crippen LogP contribution < -0.4 is 5.73 Å². The zero-order valence-electron chi connectivity index (χ0n) is 8.24. The summed E-state index contributed by atoms with van der Waals surface area (Å²) in [5.74, 6) is 0.687. The molecule has 14 heavy (non-hydrogen) atoms. The number of hydrogen-bond donors (Lipinski definition) is 1. The van der Waals surface area contributed by atoms with Gasteiger partial charge >= 0.3 is 0 Å². The van der Waals surface area contributed by atoms with Gasteiger partial charge < -0.3 is 10.5 Å². The van der Waals surface area contributed by atoms with E-state index in [4.69, 9.17) is 10.5 Å². The maximum atomic E-state index is 5.49. The van der Waals surface area contributed by atoms with Crippen LogP contribution in [0.3, 0.4) is 0 Å². The topological polar surface area (TPSA) is 48.1 Å². The second-order valence-electron chi connectivity index (χ2n) is 3.69. The second kappa shape index (κ2) is 4.87. The standard InChI is InChI=1S/C10H16N2OS/c11-3-1-9-6-12-10(14-9)5-8-2-4-13-7-8/h6,8H,1-5,7,11H2. The lowest BCUT2D eigenvalue weighted by Gasteiger charge is -2.02. The van der Waals surface area contributed by atoms with Crippen molar-refractivity contribution >= 4 is 11.3 Å². The molecule has 1 aliphatic heterocycles. The van der Waals surface area contributed by atoms with Gasteiger partial charge in [-0.25, -0.2) is 4.98 Å². The molecule has 1 aromatic heterocycles. The fourth-order valence-corrected chi connectivity index (χ4v) is 2.74. The third-order valence-electron chi connectivity index (χ3n) is 2.48. The highest BCUT2D eigenvalue weighted by Crippen LogP contribution is 2.21. The molecule has 2 heterocycles. The van der Waals surface area contributed by atoms with E-state index >= 15 is 0 Å². The molecule has 0 aromatic carbocycles. The normalized spacial score (nSPS) is 21.6. The largest absolute Gasteiger partial charge is 0.381 e. The average Bonchev–Trinajstić information content (AvgIpc) is 2.79. The van der Waals surface area contributed by atoms with E-state index in [1.807, 2.05) is 6.20 Å². The zero-order valence-corrected chi connectivity index (χ0v) is 9.05. The molecule has 0 bridgehead atoms. The van der Waals surface area contributed by atoms with Gasteiger partial charge in [0.2, 0.25) is 0 Å². The summed E-state index contributed by atoms with van der Waals surface area (Å²) in [5.41, 5.74) is 5.49. The molecule has 1 aromatic rings. The molecule has 0 amide bonds. The van der Waals surface area contributed by atoms with Crippen molar-refractivity contribution in [1.29, 1.82) is 0 Å². The van der Waals surface area contributed by atoms with Gasteiger partial charge in [-0.05, 0) is 25.3 Å². The van der Waals surface area contributed by atoms with E-state index in [0.29, 0.717) is 12.5 Å². The molecule has 2 N–H and O–H groups in total. The van der Waals surface area contributed by atoms with E-state index in [-0.39, 0.29) is 0 Å². The molecule has 0 radical (unpaired) electrons. The van der Waals surface area contributed by atoms with Gasteiger partial charge in [-0.3, -0.25) is 0 Å². The van der Waals surface area contributed by atoms with Crippen LogP contribution in [0.5, 0.6) is 0 Å². The number of ether oxygens (including phenoxy) is 1. The molecule has 0 saturated carbocycles. The first kappa shape index (κ1) is 10.1. The van der Waals surface area contributed by atoms with Gasteiger partial charge in [-0.15, -0.1) is 11.3 Å². The van der Waals surface area contributed by atoms with Crippen molar-refractivity contribution in [3.63, 3.8) is 0 Å². The number of nitrogens with two attached hydrogens (primary N) is 1. The lowest BCUT2D eigenvalue weighted by Crippen LogP contribution is -2.02. The highest BCUT2D eigenvalue weighted by atomic mass is 32.1. The van der Waals surface area contributed by atoms with Crippen LogP contribution >= 0.6 is 11.3 Å². The SMILES string of the molecule is NCCc1cnc(CC2CCOC2)s1. The van der Waals surface area contributed by atoms with Gasteiger partial charge in [0.05, 0.1) is 5.01 Å². The van der Waals surface area contributed by atoms with Crippen LogP contribution in [-0.2, 0) is 17.6 Å². The van der Waals surface area contributed by atoms with Crippen molar-refractivity contribution in [2.24, 2.45) is 11.7 Å². The van der Waals surface area contributed by atoms with Gasteiger partial charge in [-0.1, -0.05) is 0 Å². The third-order valence-corrected chi connectivity index (χ3v) is 3.56. The van der Waals surface area contributed by atoms with Crippen LogP contribution in [0.1, 0.15) is 16.3 Å². The van der Waals surface area contributed by atoms with Crippen LogP contribution in [-0.4, -0.2) is 24.7 Å². The quantitative estimate of drug-likeness (QED) is 0.816. The Bertz CT molecular complexity index is 281. The molecule has 0 aliphatic carbocycles. The lowest BCUT2D eigenvalue weighted by molar-refractivity contribution is 0.186. The zero-order chi connectivity index (χ0) is 9.80. The van der Waals surface area contributed by atoms with Crippen LogP contribution in [0, 0.1) is 5.92 Å². The molecular formula is C10H16N2OS. The molecular weight excluding hydrogens is 196 g/mol. The van der Waals surface area contributed by atoms with Crippen molar-refractivity contribution < 1.29 is 4.74 Å². The summed E-state index contributed by atoms with van der Waals surface area (Å²) in [6.45, 7) is 2.55. The molecule has 4 heteroatoms.